The summed E-state index contributed by atoms with van der Waals surface area (Å²) in [7, 11) is 1.30. The Hall–Kier alpha value is -2.37. The number of esters is 1. The molecule has 6 heteroatoms. The van der Waals surface area contributed by atoms with E-state index in [2.05, 4.69) is 12.2 Å². The van der Waals surface area contributed by atoms with Gasteiger partial charge in [-0.15, -0.1) is 0 Å². The van der Waals surface area contributed by atoms with Gasteiger partial charge in [0.15, 0.2) is 0 Å². The van der Waals surface area contributed by atoms with E-state index in [9.17, 15) is 14.4 Å². The number of para-hydroxylation sites is 1. The number of hydrogen-bond acceptors (Lipinski definition) is 4. The van der Waals surface area contributed by atoms with Crippen molar-refractivity contribution < 1.29 is 19.1 Å². The Balaban J connectivity index is 2.12. The van der Waals surface area contributed by atoms with Gasteiger partial charge in [-0.1, -0.05) is 25.5 Å². The Kier molecular flexibility index (Phi) is 5.73. The standard InChI is InChI=1S/C17H22N2O4/c1-3-4-9-18-16(21)12-10-15(20)19(11-12)14-8-6-5-7-13(14)17(22)23-2/h5-8,12H,3-4,9-11H2,1-2H3,(H,18,21). The largest absolute Gasteiger partial charge is 0.465 e. The van der Waals surface area contributed by atoms with Crippen molar-refractivity contribution in [3.63, 3.8) is 0 Å². The van der Waals surface area contributed by atoms with Gasteiger partial charge in [0.25, 0.3) is 0 Å². The highest BCUT2D eigenvalue weighted by atomic mass is 16.5. The fourth-order valence-corrected chi connectivity index (χ4v) is 2.64. The average molecular weight is 318 g/mol. The molecule has 124 valence electrons. The number of carbonyl (C=O) groups excluding carboxylic acids is 3. The molecule has 1 atom stereocenters. The topological polar surface area (TPSA) is 75.7 Å². The summed E-state index contributed by atoms with van der Waals surface area (Å²) >= 11 is 0. The molecule has 23 heavy (non-hydrogen) atoms. The van der Waals surface area contributed by atoms with E-state index in [-0.39, 0.29) is 30.7 Å². The van der Waals surface area contributed by atoms with E-state index < -0.39 is 5.97 Å². The summed E-state index contributed by atoms with van der Waals surface area (Å²) in [4.78, 5) is 37.8. The molecule has 6 nitrogen and oxygen atoms in total. The molecule has 1 fully saturated rings. The molecule has 1 aromatic rings. The summed E-state index contributed by atoms with van der Waals surface area (Å²) in [5.41, 5.74) is 0.823. The van der Waals surface area contributed by atoms with Crippen LogP contribution >= 0.6 is 0 Å². The van der Waals surface area contributed by atoms with Crippen molar-refractivity contribution in [1.29, 1.82) is 0 Å². The van der Waals surface area contributed by atoms with E-state index in [0.717, 1.165) is 12.8 Å². The zero-order valence-electron chi connectivity index (χ0n) is 13.5. The molecule has 1 saturated heterocycles. The van der Waals surface area contributed by atoms with Crippen LogP contribution in [0.15, 0.2) is 24.3 Å². The SMILES string of the molecule is CCCCNC(=O)C1CC(=O)N(c2ccccc2C(=O)OC)C1. The Labute approximate surface area is 135 Å². The predicted octanol–water partition coefficient (Wildman–Crippen LogP) is 1.74. The van der Waals surface area contributed by atoms with E-state index in [1.165, 1.54) is 12.0 Å². The van der Waals surface area contributed by atoms with Gasteiger partial charge in [-0.3, -0.25) is 9.59 Å². The van der Waals surface area contributed by atoms with E-state index in [0.29, 0.717) is 17.8 Å². The summed E-state index contributed by atoms with van der Waals surface area (Å²) in [6, 6.07) is 6.78. The van der Waals surface area contributed by atoms with E-state index >= 15 is 0 Å². The third-order valence-corrected chi connectivity index (χ3v) is 3.93. The highest BCUT2D eigenvalue weighted by Gasteiger charge is 2.36. The van der Waals surface area contributed by atoms with Crippen molar-refractivity contribution in [1.82, 2.24) is 5.32 Å². The lowest BCUT2D eigenvalue weighted by molar-refractivity contribution is -0.126. The van der Waals surface area contributed by atoms with E-state index in [4.69, 9.17) is 4.74 Å². The van der Waals surface area contributed by atoms with Gasteiger partial charge >= 0.3 is 5.97 Å². The monoisotopic (exact) mass is 318 g/mol. The van der Waals surface area contributed by atoms with Crippen LogP contribution in [-0.2, 0) is 14.3 Å². The third-order valence-electron chi connectivity index (χ3n) is 3.93. The first-order valence-electron chi connectivity index (χ1n) is 7.83. The lowest BCUT2D eigenvalue weighted by Crippen LogP contribution is -2.33. The maximum absolute atomic E-state index is 12.3. The predicted molar refractivity (Wildman–Crippen MR) is 86.2 cm³/mol. The Morgan fingerprint density at radius 1 is 1.35 bits per heavy atom. The van der Waals surface area contributed by atoms with Crippen LogP contribution in [0.2, 0.25) is 0 Å². The number of benzene rings is 1. The van der Waals surface area contributed by atoms with Gasteiger partial charge < -0.3 is 15.0 Å². The highest BCUT2D eigenvalue weighted by Crippen LogP contribution is 2.28. The number of anilines is 1. The molecule has 1 aromatic carbocycles. The fraction of sp³-hybridized carbons (Fsp3) is 0.471. The molecule has 1 heterocycles. The maximum atomic E-state index is 12.3. The first-order valence-corrected chi connectivity index (χ1v) is 7.83. The smallest absolute Gasteiger partial charge is 0.339 e. The number of amides is 2. The Morgan fingerprint density at radius 3 is 2.78 bits per heavy atom. The molecular weight excluding hydrogens is 296 g/mol. The van der Waals surface area contributed by atoms with Crippen LogP contribution in [-0.4, -0.2) is 38.0 Å². The minimum Gasteiger partial charge on any atom is -0.465 e. The van der Waals surface area contributed by atoms with Gasteiger partial charge in [0.05, 0.1) is 24.3 Å². The molecule has 2 amide bonds. The highest BCUT2D eigenvalue weighted by molar-refractivity contribution is 6.05. The maximum Gasteiger partial charge on any atom is 0.339 e. The number of carbonyl (C=O) groups is 3. The number of hydrogen-bond donors (Lipinski definition) is 1. The average Bonchev–Trinajstić information content (AvgIpc) is 2.96. The lowest BCUT2D eigenvalue weighted by Gasteiger charge is -2.19. The zero-order chi connectivity index (χ0) is 16.8. The third kappa shape index (κ3) is 3.88. The van der Waals surface area contributed by atoms with Crippen molar-refractivity contribution in [2.45, 2.75) is 26.2 Å². The lowest BCUT2D eigenvalue weighted by atomic mass is 10.1. The van der Waals surface area contributed by atoms with Crippen LogP contribution in [0.1, 0.15) is 36.5 Å². The molecule has 1 aliphatic heterocycles. The molecule has 0 saturated carbocycles. The van der Waals surface area contributed by atoms with Crippen LogP contribution in [0.25, 0.3) is 0 Å². The van der Waals surface area contributed by atoms with E-state index in [1.807, 2.05) is 0 Å². The molecule has 0 spiro atoms. The second-order valence-corrected chi connectivity index (χ2v) is 5.56. The molecule has 1 N–H and O–H groups in total. The minimum atomic E-state index is -0.496. The molecule has 1 unspecified atom stereocenters. The van der Waals surface area contributed by atoms with Crippen LogP contribution in [0.4, 0.5) is 5.69 Å². The molecular formula is C17H22N2O4. The Morgan fingerprint density at radius 2 is 2.09 bits per heavy atom. The van der Waals surface area contributed by atoms with Gasteiger partial charge in [0.1, 0.15) is 0 Å². The van der Waals surface area contributed by atoms with Gasteiger partial charge in [0, 0.05) is 19.5 Å². The first-order chi connectivity index (χ1) is 11.1. The Bertz CT molecular complexity index is 600. The van der Waals surface area contributed by atoms with Gasteiger partial charge in [-0.05, 0) is 18.6 Å². The van der Waals surface area contributed by atoms with Crippen molar-refractivity contribution in [3.05, 3.63) is 29.8 Å². The van der Waals surface area contributed by atoms with Gasteiger partial charge in [-0.25, -0.2) is 4.79 Å². The quantitative estimate of drug-likeness (QED) is 0.640. The number of nitrogens with one attached hydrogen (secondary N) is 1. The minimum absolute atomic E-state index is 0.107. The second kappa shape index (κ2) is 7.76. The summed E-state index contributed by atoms with van der Waals surface area (Å²) in [5, 5.41) is 2.86. The molecule has 0 aliphatic carbocycles. The molecule has 2 rings (SSSR count). The van der Waals surface area contributed by atoms with Crippen molar-refractivity contribution in [2.75, 3.05) is 25.1 Å². The van der Waals surface area contributed by atoms with Crippen molar-refractivity contribution in [3.8, 4) is 0 Å². The molecule has 1 aliphatic rings. The van der Waals surface area contributed by atoms with Crippen molar-refractivity contribution in [2.24, 2.45) is 5.92 Å². The normalized spacial score (nSPS) is 17.2. The van der Waals surface area contributed by atoms with Gasteiger partial charge in [-0.2, -0.15) is 0 Å². The first kappa shape index (κ1) is 17.0. The summed E-state index contributed by atoms with van der Waals surface area (Å²) < 4.78 is 4.76. The van der Waals surface area contributed by atoms with Crippen LogP contribution < -0.4 is 10.2 Å². The second-order valence-electron chi connectivity index (χ2n) is 5.56. The van der Waals surface area contributed by atoms with Gasteiger partial charge in [0.2, 0.25) is 11.8 Å². The number of nitrogens with zero attached hydrogens (tertiary/aromatic N) is 1. The summed E-state index contributed by atoms with van der Waals surface area (Å²) in [5.74, 6) is -1.14. The number of unbranched alkanes of at least 4 members (excludes halogenated alkanes) is 1. The van der Waals surface area contributed by atoms with Crippen LogP contribution in [0, 0.1) is 5.92 Å². The molecule has 0 aromatic heterocycles. The van der Waals surface area contributed by atoms with Crippen LogP contribution in [0.3, 0.4) is 0 Å². The summed E-state index contributed by atoms with van der Waals surface area (Å²) in [6.45, 7) is 2.96. The number of rotatable bonds is 6. The van der Waals surface area contributed by atoms with Crippen LogP contribution in [0.5, 0.6) is 0 Å². The van der Waals surface area contributed by atoms with Crippen molar-refractivity contribution >= 4 is 23.5 Å². The zero-order valence-corrected chi connectivity index (χ0v) is 13.5. The molecule has 0 bridgehead atoms. The molecule has 0 radical (unpaired) electrons. The number of methoxy groups -OCH3 is 1. The summed E-state index contributed by atoms with van der Waals surface area (Å²) in [6.07, 6.45) is 2.08. The number of ether oxygens (including phenoxy) is 1. The fourth-order valence-electron chi connectivity index (χ4n) is 2.64. The van der Waals surface area contributed by atoms with E-state index in [1.54, 1.807) is 24.3 Å².